The van der Waals surface area contributed by atoms with Crippen LogP contribution in [0.2, 0.25) is 0 Å². The zero-order chi connectivity index (χ0) is 16.2. The molecule has 0 unspecified atom stereocenters. The summed E-state index contributed by atoms with van der Waals surface area (Å²) in [5, 5.41) is 0.959. The van der Waals surface area contributed by atoms with Gasteiger partial charge in [0.15, 0.2) is 0 Å². The topological polar surface area (TPSA) is 75.4 Å². The van der Waals surface area contributed by atoms with Gasteiger partial charge in [-0.05, 0) is 17.7 Å². The van der Waals surface area contributed by atoms with Crippen LogP contribution in [0.4, 0.5) is 5.13 Å². The van der Waals surface area contributed by atoms with Crippen LogP contribution in [0.25, 0.3) is 0 Å². The molecule has 2 heterocycles. The fraction of sp³-hybridized carbons (Fsp3) is 0.438. The smallest absolute Gasteiger partial charge is 0.253 e. The van der Waals surface area contributed by atoms with E-state index in [2.05, 4.69) is 21.2 Å². The fourth-order valence-electron chi connectivity index (χ4n) is 2.58. The van der Waals surface area contributed by atoms with Crippen molar-refractivity contribution in [1.29, 1.82) is 0 Å². The van der Waals surface area contributed by atoms with Gasteiger partial charge in [-0.2, -0.15) is 4.37 Å². The Morgan fingerprint density at radius 1 is 1.21 bits per heavy atom. The summed E-state index contributed by atoms with van der Waals surface area (Å²) in [6, 6.07) is 7.54. The van der Waals surface area contributed by atoms with Gasteiger partial charge in [-0.15, -0.1) is 12.4 Å². The number of aromatic nitrogens is 2. The molecule has 0 bridgehead atoms. The summed E-state index contributed by atoms with van der Waals surface area (Å²) in [7, 11) is 0. The minimum Gasteiger partial charge on any atom is -0.343 e. The lowest BCUT2D eigenvalue weighted by atomic mass is 10.1. The first-order valence-electron chi connectivity index (χ1n) is 7.87. The Kier molecular flexibility index (Phi) is 6.53. The Morgan fingerprint density at radius 2 is 1.88 bits per heavy atom. The summed E-state index contributed by atoms with van der Waals surface area (Å²) in [6.45, 7) is 5.56. The van der Waals surface area contributed by atoms with Crippen LogP contribution in [-0.2, 0) is 13.0 Å². The van der Waals surface area contributed by atoms with E-state index in [4.69, 9.17) is 5.73 Å². The first-order valence-corrected chi connectivity index (χ1v) is 8.64. The molecule has 1 saturated heterocycles. The predicted molar refractivity (Wildman–Crippen MR) is 99.0 cm³/mol. The molecule has 2 N–H and O–H groups in total. The van der Waals surface area contributed by atoms with E-state index < -0.39 is 0 Å². The maximum atomic E-state index is 12.5. The molecule has 2 aromatic rings. The van der Waals surface area contributed by atoms with Crippen LogP contribution >= 0.6 is 23.9 Å². The quantitative estimate of drug-likeness (QED) is 0.893. The molecular weight excluding hydrogens is 346 g/mol. The van der Waals surface area contributed by atoms with Gasteiger partial charge in [-0.3, -0.25) is 4.79 Å². The molecule has 3 rings (SSSR count). The Labute approximate surface area is 152 Å². The van der Waals surface area contributed by atoms with Crippen LogP contribution in [-0.4, -0.2) is 46.3 Å². The molecule has 0 atom stereocenters. The molecule has 8 heteroatoms. The maximum Gasteiger partial charge on any atom is 0.253 e. The second-order valence-corrected chi connectivity index (χ2v) is 6.26. The molecule has 0 aliphatic carbocycles. The van der Waals surface area contributed by atoms with Crippen molar-refractivity contribution in [2.24, 2.45) is 5.73 Å². The molecule has 1 amide bonds. The molecule has 0 radical (unpaired) electrons. The first kappa shape index (κ1) is 18.6. The van der Waals surface area contributed by atoms with Gasteiger partial charge < -0.3 is 15.5 Å². The van der Waals surface area contributed by atoms with Crippen LogP contribution in [0.15, 0.2) is 24.3 Å². The van der Waals surface area contributed by atoms with Gasteiger partial charge in [0.25, 0.3) is 5.91 Å². The average molecular weight is 368 g/mol. The number of carbonyl (C=O) groups is 1. The maximum absolute atomic E-state index is 12.5. The largest absolute Gasteiger partial charge is 0.343 e. The molecule has 1 aromatic heterocycles. The number of halogens is 1. The van der Waals surface area contributed by atoms with Crippen LogP contribution in [0, 0.1) is 0 Å². The highest BCUT2D eigenvalue weighted by Gasteiger charge is 2.23. The van der Waals surface area contributed by atoms with Crippen LogP contribution < -0.4 is 10.6 Å². The number of nitrogens with zero attached hydrogens (tertiary/aromatic N) is 4. The van der Waals surface area contributed by atoms with Gasteiger partial charge in [0.05, 0.1) is 0 Å². The van der Waals surface area contributed by atoms with Crippen LogP contribution in [0.5, 0.6) is 0 Å². The molecule has 6 nitrogen and oxygen atoms in total. The van der Waals surface area contributed by atoms with Crippen LogP contribution in [0.1, 0.15) is 28.7 Å². The van der Waals surface area contributed by atoms with Gasteiger partial charge in [0.2, 0.25) is 5.13 Å². The van der Waals surface area contributed by atoms with Gasteiger partial charge in [-0.1, -0.05) is 19.1 Å². The van der Waals surface area contributed by atoms with Crippen molar-refractivity contribution in [3.05, 3.63) is 41.2 Å². The lowest BCUT2D eigenvalue weighted by Gasteiger charge is -2.34. The highest BCUT2D eigenvalue weighted by atomic mass is 35.5. The monoisotopic (exact) mass is 367 g/mol. The molecule has 1 aliphatic heterocycles. The zero-order valence-corrected chi connectivity index (χ0v) is 15.3. The molecule has 24 heavy (non-hydrogen) atoms. The van der Waals surface area contributed by atoms with Crippen LogP contribution in [0.3, 0.4) is 0 Å². The van der Waals surface area contributed by atoms with E-state index in [0.29, 0.717) is 19.6 Å². The molecule has 0 spiro atoms. The number of carbonyl (C=O) groups excluding carboxylic acids is 1. The summed E-state index contributed by atoms with van der Waals surface area (Å²) in [5.74, 6) is 0.975. The minimum absolute atomic E-state index is 0. The number of nitrogens with two attached hydrogens (primary N) is 1. The molecule has 0 saturated carbocycles. The van der Waals surface area contributed by atoms with Gasteiger partial charge in [-0.25, -0.2) is 4.98 Å². The number of amides is 1. The number of anilines is 1. The fourth-order valence-corrected chi connectivity index (χ4v) is 3.38. The van der Waals surface area contributed by atoms with Crippen molar-refractivity contribution in [2.75, 3.05) is 31.1 Å². The Bertz CT molecular complexity index is 667. The summed E-state index contributed by atoms with van der Waals surface area (Å²) >= 11 is 1.44. The summed E-state index contributed by atoms with van der Waals surface area (Å²) in [6.07, 6.45) is 0.855. The Morgan fingerprint density at radius 3 is 2.42 bits per heavy atom. The van der Waals surface area contributed by atoms with E-state index >= 15 is 0 Å². The third-order valence-corrected chi connectivity index (χ3v) is 4.86. The summed E-state index contributed by atoms with van der Waals surface area (Å²) < 4.78 is 4.33. The molecule has 130 valence electrons. The van der Waals surface area contributed by atoms with E-state index in [1.54, 1.807) is 0 Å². The average Bonchev–Trinajstić information content (AvgIpc) is 3.10. The van der Waals surface area contributed by atoms with Crippen molar-refractivity contribution in [3.8, 4) is 0 Å². The Hall–Kier alpha value is -1.70. The number of benzene rings is 1. The van der Waals surface area contributed by atoms with Gasteiger partial charge in [0.1, 0.15) is 5.82 Å². The number of piperazine rings is 1. The molecule has 1 fully saturated rings. The van der Waals surface area contributed by atoms with Gasteiger partial charge >= 0.3 is 0 Å². The van der Waals surface area contributed by atoms with E-state index in [1.807, 2.05) is 29.2 Å². The summed E-state index contributed by atoms with van der Waals surface area (Å²) in [5.41, 5.74) is 7.35. The van der Waals surface area contributed by atoms with Crippen molar-refractivity contribution < 1.29 is 4.79 Å². The normalized spacial score (nSPS) is 14.4. The van der Waals surface area contributed by atoms with E-state index in [-0.39, 0.29) is 18.3 Å². The van der Waals surface area contributed by atoms with E-state index in [9.17, 15) is 4.79 Å². The van der Waals surface area contributed by atoms with Gasteiger partial charge in [0, 0.05) is 56.2 Å². The van der Waals surface area contributed by atoms with Crippen molar-refractivity contribution in [2.45, 2.75) is 19.9 Å². The minimum atomic E-state index is 0. The van der Waals surface area contributed by atoms with Crippen molar-refractivity contribution in [3.63, 3.8) is 0 Å². The Balaban J connectivity index is 0.00000208. The number of hydrogen-bond donors (Lipinski definition) is 1. The number of hydrogen-bond acceptors (Lipinski definition) is 6. The lowest BCUT2D eigenvalue weighted by Crippen LogP contribution is -2.48. The second kappa shape index (κ2) is 8.41. The van der Waals surface area contributed by atoms with Crippen molar-refractivity contribution >= 4 is 35.0 Å². The van der Waals surface area contributed by atoms with E-state index in [1.165, 1.54) is 11.5 Å². The van der Waals surface area contributed by atoms with E-state index in [0.717, 1.165) is 41.6 Å². The zero-order valence-electron chi connectivity index (χ0n) is 13.6. The molecular formula is C16H22ClN5OS. The summed E-state index contributed by atoms with van der Waals surface area (Å²) in [4.78, 5) is 21.2. The number of aryl methyl sites for hydroxylation is 1. The lowest BCUT2D eigenvalue weighted by molar-refractivity contribution is 0.0746. The molecule has 1 aliphatic rings. The van der Waals surface area contributed by atoms with Crippen molar-refractivity contribution in [1.82, 2.24) is 14.3 Å². The third kappa shape index (κ3) is 4.03. The molecule has 1 aromatic carbocycles. The third-order valence-electron chi connectivity index (χ3n) is 4.05. The highest BCUT2D eigenvalue weighted by molar-refractivity contribution is 7.09. The SMILES string of the molecule is CCc1nsc(N2CCN(C(=O)c3ccc(CN)cc3)CC2)n1.Cl. The standard InChI is InChI=1S/C16H21N5OS.ClH/c1-2-14-18-16(23-19-14)21-9-7-20(8-10-21)15(22)13-5-3-12(11-17)4-6-13;/h3-6H,2,7-11,17H2,1H3;1H. The number of rotatable bonds is 4. The first-order chi connectivity index (χ1) is 11.2. The second-order valence-electron chi connectivity index (χ2n) is 5.53. The highest BCUT2D eigenvalue weighted by Crippen LogP contribution is 2.20. The predicted octanol–water partition coefficient (Wildman–Crippen LogP) is 1.94.